The summed E-state index contributed by atoms with van der Waals surface area (Å²) in [6, 6.07) is 13.4. The summed E-state index contributed by atoms with van der Waals surface area (Å²) < 4.78 is 36.9. The van der Waals surface area contributed by atoms with Crippen LogP contribution in [-0.4, -0.2) is 29.9 Å². The number of alkyl halides is 3. The van der Waals surface area contributed by atoms with Gasteiger partial charge in [0.05, 0.1) is 18.0 Å². The highest BCUT2D eigenvalue weighted by Crippen LogP contribution is 2.39. The highest BCUT2D eigenvalue weighted by molar-refractivity contribution is 6.06. The van der Waals surface area contributed by atoms with Gasteiger partial charge in [-0.25, -0.2) is 5.01 Å². The predicted molar refractivity (Wildman–Crippen MR) is 109 cm³/mol. The molecular formula is C22H22F3N3O3. The van der Waals surface area contributed by atoms with E-state index in [9.17, 15) is 27.6 Å². The topological polar surface area (TPSA) is 78.5 Å². The van der Waals surface area contributed by atoms with Crippen molar-refractivity contribution in [2.75, 3.05) is 5.01 Å². The third-order valence-corrected chi connectivity index (χ3v) is 5.08. The number of carbonyl (C=O) groups excluding carboxylic acids is 3. The van der Waals surface area contributed by atoms with E-state index >= 15 is 0 Å². The van der Waals surface area contributed by atoms with Gasteiger partial charge in [-0.3, -0.25) is 19.8 Å². The predicted octanol–water partition coefficient (Wildman–Crippen LogP) is 3.68. The zero-order valence-electron chi connectivity index (χ0n) is 17.0. The molecule has 3 amide bonds. The molecule has 0 fully saturated rings. The number of hydrogen-bond donors (Lipinski definition) is 2. The Kier molecular flexibility index (Phi) is 6.33. The van der Waals surface area contributed by atoms with Crippen LogP contribution in [0.3, 0.4) is 0 Å². The maximum absolute atomic E-state index is 13.2. The lowest BCUT2D eigenvalue weighted by atomic mass is 9.92. The molecule has 1 aliphatic heterocycles. The lowest BCUT2D eigenvalue weighted by Gasteiger charge is -2.27. The molecule has 2 aromatic carbocycles. The number of rotatable bonds is 5. The van der Waals surface area contributed by atoms with Gasteiger partial charge in [0, 0.05) is 12.0 Å². The normalized spacial score (nSPS) is 16.6. The summed E-state index contributed by atoms with van der Waals surface area (Å²) in [5.74, 6) is -2.55. The average Bonchev–Trinajstić information content (AvgIpc) is 2.82. The van der Waals surface area contributed by atoms with Crippen molar-refractivity contribution < 1.29 is 27.6 Å². The first kappa shape index (κ1) is 22.3. The number of hydrazine groups is 1. The van der Waals surface area contributed by atoms with Gasteiger partial charge in [0.2, 0.25) is 5.91 Å². The van der Waals surface area contributed by atoms with Gasteiger partial charge >= 0.3 is 6.18 Å². The number of nitrogens with one attached hydrogen (secondary N) is 2. The molecule has 6 nitrogen and oxygen atoms in total. The van der Waals surface area contributed by atoms with Gasteiger partial charge in [-0.15, -0.1) is 0 Å². The molecule has 1 unspecified atom stereocenters. The van der Waals surface area contributed by atoms with Crippen molar-refractivity contribution >= 4 is 23.4 Å². The Balaban J connectivity index is 1.80. The van der Waals surface area contributed by atoms with Crippen molar-refractivity contribution in [3.63, 3.8) is 0 Å². The molecule has 1 heterocycles. The van der Waals surface area contributed by atoms with E-state index in [-0.39, 0.29) is 5.91 Å². The number of fused-ring (bicyclic) bond motifs is 3. The first-order chi connectivity index (χ1) is 14.6. The molecule has 9 heteroatoms. The minimum Gasteiger partial charge on any atom is -0.345 e. The average molecular weight is 433 g/mol. The Labute approximate surface area is 177 Å². The zero-order valence-corrected chi connectivity index (χ0v) is 17.0. The van der Waals surface area contributed by atoms with Crippen LogP contribution in [0.15, 0.2) is 48.5 Å². The van der Waals surface area contributed by atoms with Crippen LogP contribution in [0.25, 0.3) is 11.1 Å². The second kappa shape index (κ2) is 8.79. The molecule has 164 valence electrons. The molecule has 31 heavy (non-hydrogen) atoms. The number of hydrogen-bond acceptors (Lipinski definition) is 3. The van der Waals surface area contributed by atoms with Crippen molar-refractivity contribution in [1.82, 2.24) is 10.7 Å². The largest absolute Gasteiger partial charge is 0.389 e. The summed E-state index contributed by atoms with van der Waals surface area (Å²) in [6.45, 7) is 3.07. The zero-order chi connectivity index (χ0) is 22.8. The molecular weight excluding hydrogens is 411 g/mol. The van der Waals surface area contributed by atoms with Crippen LogP contribution in [-0.2, 0) is 14.4 Å². The third kappa shape index (κ3) is 5.04. The molecule has 0 aliphatic carbocycles. The molecule has 2 atom stereocenters. The maximum atomic E-state index is 13.2. The number of anilines is 1. The SMILES string of the molecule is CC1C(=O)N(NC(=O)[C@H](C)NC(=O)CCC(F)(F)F)c2ccccc2-c2ccccc21. The van der Waals surface area contributed by atoms with Crippen LogP contribution in [0.2, 0.25) is 0 Å². The van der Waals surface area contributed by atoms with Crippen LogP contribution < -0.4 is 15.8 Å². The van der Waals surface area contributed by atoms with Crippen LogP contribution >= 0.6 is 0 Å². The summed E-state index contributed by atoms with van der Waals surface area (Å²) >= 11 is 0. The van der Waals surface area contributed by atoms with Crippen LogP contribution in [0.5, 0.6) is 0 Å². The van der Waals surface area contributed by atoms with Crippen molar-refractivity contribution in [3.8, 4) is 11.1 Å². The third-order valence-electron chi connectivity index (χ3n) is 5.08. The van der Waals surface area contributed by atoms with Crippen molar-refractivity contribution in [2.24, 2.45) is 0 Å². The molecule has 2 N–H and O–H groups in total. The van der Waals surface area contributed by atoms with Gasteiger partial charge in [0.25, 0.3) is 11.8 Å². The minimum atomic E-state index is -4.46. The molecule has 0 spiro atoms. The van der Waals surface area contributed by atoms with Gasteiger partial charge in [-0.05, 0) is 31.0 Å². The summed E-state index contributed by atoms with van der Waals surface area (Å²) in [5.41, 5.74) is 5.40. The maximum Gasteiger partial charge on any atom is 0.389 e. The van der Waals surface area contributed by atoms with E-state index in [4.69, 9.17) is 0 Å². The Morgan fingerprint density at radius 3 is 2.35 bits per heavy atom. The molecule has 1 aliphatic rings. The van der Waals surface area contributed by atoms with E-state index in [1.54, 1.807) is 19.1 Å². The summed E-state index contributed by atoms with van der Waals surface area (Å²) in [6.07, 6.45) is -6.52. The van der Waals surface area contributed by atoms with E-state index < -0.39 is 42.8 Å². The molecule has 0 aromatic heterocycles. The Hall–Kier alpha value is -3.36. The Morgan fingerprint density at radius 2 is 1.68 bits per heavy atom. The van der Waals surface area contributed by atoms with E-state index in [1.165, 1.54) is 6.92 Å². The first-order valence-electron chi connectivity index (χ1n) is 9.77. The minimum absolute atomic E-state index is 0.374. The first-order valence-corrected chi connectivity index (χ1v) is 9.77. The van der Waals surface area contributed by atoms with Gasteiger partial charge in [0.15, 0.2) is 0 Å². The summed E-state index contributed by atoms with van der Waals surface area (Å²) in [4.78, 5) is 37.6. The number of benzene rings is 2. The monoisotopic (exact) mass is 433 g/mol. The Bertz CT molecular complexity index is 1010. The van der Waals surface area contributed by atoms with Gasteiger partial charge in [-0.2, -0.15) is 13.2 Å². The summed E-state index contributed by atoms with van der Waals surface area (Å²) in [7, 11) is 0. The molecule has 0 saturated heterocycles. The van der Waals surface area contributed by atoms with Crippen molar-refractivity contribution in [3.05, 3.63) is 54.1 Å². The molecule has 0 saturated carbocycles. The lowest BCUT2D eigenvalue weighted by Crippen LogP contribution is -2.54. The molecule has 2 aromatic rings. The van der Waals surface area contributed by atoms with E-state index in [0.717, 1.165) is 21.7 Å². The molecule has 0 radical (unpaired) electrons. The fourth-order valence-electron chi connectivity index (χ4n) is 3.42. The van der Waals surface area contributed by atoms with E-state index in [0.29, 0.717) is 5.69 Å². The van der Waals surface area contributed by atoms with E-state index in [1.807, 2.05) is 36.4 Å². The van der Waals surface area contributed by atoms with E-state index in [2.05, 4.69) is 10.7 Å². The van der Waals surface area contributed by atoms with Crippen LogP contribution in [0, 0.1) is 0 Å². The second-order valence-corrected chi connectivity index (χ2v) is 7.38. The van der Waals surface area contributed by atoms with Crippen LogP contribution in [0.4, 0.5) is 18.9 Å². The van der Waals surface area contributed by atoms with Gasteiger partial charge in [0.1, 0.15) is 6.04 Å². The number of amides is 3. The Morgan fingerprint density at radius 1 is 1.06 bits per heavy atom. The van der Waals surface area contributed by atoms with Gasteiger partial charge < -0.3 is 5.32 Å². The second-order valence-electron chi connectivity index (χ2n) is 7.38. The fraction of sp³-hybridized carbons (Fsp3) is 0.318. The quantitative estimate of drug-likeness (QED) is 0.755. The van der Waals surface area contributed by atoms with Crippen LogP contribution in [0.1, 0.15) is 38.2 Å². The molecule has 3 rings (SSSR count). The number of carbonyl (C=O) groups is 3. The molecule has 0 bridgehead atoms. The highest BCUT2D eigenvalue weighted by Gasteiger charge is 2.33. The highest BCUT2D eigenvalue weighted by atomic mass is 19.4. The van der Waals surface area contributed by atoms with Crippen molar-refractivity contribution in [2.45, 2.75) is 44.8 Å². The smallest absolute Gasteiger partial charge is 0.345 e. The number of nitrogens with zero attached hydrogens (tertiary/aromatic N) is 1. The van der Waals surface area contributed by atoms with Gasteiger partial charge in [-0.1, -0.05) is 42.5 Å². The standard InChI is InChI=1S/C22H22F3N3O3/c1-13-15-7-3-4-8-16(15)17-9-5-6-10-18(17)28(21(13)31)27-20(30)14(2)26-19(29)11-12-22(23,24)25/h3-10,13-14H,11-12H2,1-2H3,(H,26,29)(H,27,30)/t13?,14-/m0/s1. The summed E-state index contributed by atoms with van der Waals surface area (Å²) in [5, 5.41) is 3.38. The fourth-order valence-corrected chi connectivity index (χ4v) is 3.42. The lowest BCUT2D eigenvalue weighted by molar-refractivity contribution is -0.144. The number of para-hydroxylation sites is 1. The number of halogens is 3. The van der Waals surface area contributed by atoms with Crippen molar-refractivity contribution in [1.29, 1.82) is 0 Å².